The topological polar surface area (TPSA) is 63.6 Å². The van der Waals surface area contributed by atoms with Gasteiger partial charge in [-0.05, 0) is 37.3 Å². The quantitative estimate of drug-likeness (QED) is 0.846. The second kappa shape index (κ2) is 8.82. The third-order valence-electron chi connectivity index (χ3n) is 5.93. The molecular weight excluding hydrogens is 366 g/mol. The third-order valence-corrected chi connectivity index (χ3v) is 5.93. The molecule has 1 saturated heterocycles. The molecule has 6 heteroatoms. The lowest BCUT2D eigenvalue weighted by atomic mass is 10.0. The summed E-state index contributed by atoms with van der Waals surface area (Å²) in [5.41, 5.74) is 3.38. The van der Waals surface area contributed by atoms with E-state index >= 15 is 0 Å². The number of fused-ring (bicyclic) bond motifs is 1. The summed E-state index contributed by atoms with van der Waals surface area (Å²) < 4.78 is 7.44. The molecule has 0 bridgehead atoms. The van der Waals surface area contributed by atoms with Crippen LogP contribution in [0.25, 0.3) is 0 Å². The lowest BCUT2D eigenvalue weighted by molar-refractivity contribution is 0.0295. The van der Waals surface area contributed by atoms with Gasteiger partial charge in [-0.1, -0.05) is 37.3 Å². The highest BCUT2D eigenvalue weighted by atomic mass is 16.5. The van der Waals surface area contributed by atoms with Gasteiger partial charge in [0.05, 0.1) is 24.8 Å². The molecule has 1 N–H and O–H groups in total. The second-order valence-electron chi connectivity index (χ2n) is 7.75. The number of benzene rings is 1. The minimum Gasteiger partial charge on any atom is -0.378 e. The Kier molecular flexibility index (Phi) is 6.00. The highest BCUT2D eigenvalue weighted by molar-refractivity contribution is 6.01. The van der Waals surface area contributed by atoms with Gasteiger partial charge < -0.3 is 19.5 Å². The summed E-state index contributed by atoms with van der Waals surface area (Å²) in [6.45, 7) is 5.22. The number of morpholine rings is 1. The van der Waals surface area contributed by atoms with Crippen molar-refractivity contribution in [2.45, 2.75) is 45.2 Å². The fourth-order valence-electron chi connectivity index (χ4n) is 4.32. The summed E-state index contributed by atoms with van der Waals surface area (Å²) in [6.07, 6.45) is 3.73. The Bertz CT molecular complexity index is 869. The maximum atomic E-state index is 13.2. The second-order valence-corrected chi connectivity index (χ2v) is 7.75. The normalized spacial score (nSPS) is 17.5. The molecule has 1 aromatic carbocycles. The fourth-order valence-corrected chi connectivity index (χ4v) is 4.32. The predicted octanol–water partition coefficient (Wildman–Crippen LogP) is 3.18. The van der Waals surface area contributed by atoms with Crippen molar-refractivity contribution in [2.24, 2.45) is 0 Å². The molecule has 2 aromatic rings. The van der Waals surface area contributed by atoms with Crippen molar-refractivity contribution in [3.8, 4) is 0 Å². The molecule has 0 radical (unpaired) electrons. The van der Waals surface area contributed by atoms with E-state index in [1.807, 2.05) is 41.3 Å². The van der Waals surface area contributed by atoms with Gasteiger partial charge in [0.15, 0.2) is 0 Å². The molecule has 3 heterocycles. The number of carbonyl (C=O) groups excluding carboxylic acids is 2. The molecule has 1 atom stereocenters. The zero-order valence-electron chi connectivity index (χ0n) is 17.0. The van der Waals surface area contributed by atoms with Crippen LogP contribution < -0.4 is 5.32 Å². The van der Waals surface area contributed by atoms with E-state index in [1.165, 1.54) is 0 Å². The molecule has 1 fully saturated rings. The summed E-state index contributed by atoms with van der Waals surface area (Å²) in [6, 6.07) is 11.8. The van der Waals surface area contributed by atoms with Crippen LogP contribution in [-0.4, -0.2) is 47.6 Å². The van der Waals surface area contributed by atoms with Crippen molar-refractivity contribution in [1.82, 2.24) is 14.8 Å². The minimum absolute atomic E-state index is 0.00519. The van der Waals surface area contributed by atoms with Gasteiger partial charge in [0.2, 0.25) is 0 Å². The Hall–Kier alpha value is -2.60. The summed E-state index contributed by atoms with van der Waals surface area (Å²) in [7, 11) is 0. The van der Waals surface area contributed by atoms with Crippen LogP contribution in [0, 0.1) is 0 Å². The number of nitrogens with one attached hydrogen (secondary N) is 1. The molecule has 1 unspecified atom stereocenters. The van der Waals surface area contributed by atoms with E-state index in [9.17, 15) is 9.59 Å². The lowest BCUT2D eigenvalue weighted by Crippen LogP contribution is -2.41. The highest BCUT2D eigenvalue weighted by Crippen LogP contribution is 2.26. The van der Waals surface area contributed by atoms with Gasteiger partial charge in [-0.3, -0.25) is 9.59 Å². The van der Waals surface area contributed by atoms with E-state index in [2.05, 4.69) is 16.8 Å². The average molecular weight is 396 g/mol. The van der Waals surface area contributed by atoms with Gasteiger partial charge in [-0.15, -0.1) is 0 Å². The zero-order chi connectivity index (χ0) is 20.2. The molecule has 0 saturated carbocycles. The zero-order valence-corrected chi connectivity index (χ0v) is 17.0. The van der Waals surface area contributed by atoms with E-state index < -0.39 is 0 Å². The van der Waals surface area contributed by atoms with E-state index in [-0.39, 0.29) is 17.9 Å². The number of amides is 2. The van der Waals surface area contributed by atoms with E-state index in [0.717, 1.165) is 43.5 Å². The maximum absolute atomic E-state index is 13.2. The van der Waals surface area contributed by atoms with Crippen molar-refractivity contribution in [1.29, 1.82) is 0 Å². The first-order valence-electron chi connectivity index (χ1n) is 10.6. The monoisotopic (exact) mass is 395 g/mol. The molecular formula is C23H29N3O3. The molecule has 4 rings (SSSR count). The molecule has 0 spiro atoms. The number of ether oxygens (including phenoxy) is 1. The Morgan fingerprint density at radius 2 is 1.86 bits per heavy atom. The van der Waals surface area contributed by atoms with Gasteiger partial charge >= 0.3 is 0 Å². The Morgan fingerprint density at radius 3 is 2.59 bits per heavy atom. The maximum Gasteiger partial charge on any atom is 0.270 e. The molecule has 6 nitrogen and oxygen atoms in total. The number of hydrogen-bond donors (Lipinski definition) is 1. The van der Waals surface area contributed by atoms with Crippen LogP contribution >= 0.6 is 0 Å². The van der Waals surface area contributed by atoms with Gasteiger partial charge in [0.25, 0.3) is 11.8 Å². The largest absolute Gasteiger partial charge is 0.378 e. The van der Waals surface area contributed by atoms with Crippen molar-refractivity contribution < 1.29 is 14.3 Å². The van der Waals surface area contributed by atoms with Gasteiger partial charge in [0, 0.05) is 25.3 Å². The molecule has 2 aliphatic heterocycles. The molecule has 0 aliphatic carbocycles. The number of carbonyl (C=O) groups is 2. The molecule has 2 amide bonds. The average Bonchev–Trinajstić information content (AvgIpc) is 3.18. The number of hydrogen-bond acceptors (Lipinski definition) is 3. The van der Waals surface area contributed by atoms with Crippen LogP contribution in [0.3, 0.4) is 0 Å². The molecule has 1 aromatic heterocycles. The van der Waals surface area contributed by atoms with Gasteiger partial charge in [-0.25, -0.2) is 0 Å². The van der Waals surface area contributed by atoms with Crippen LogP contribution in [0.15, 0.2) is 36.4 Å². The first-order valence-corrected chi connectivity index (χ1v) is 10.6. The van der Waals surface area contributed by atoms with Gasteiger partial charge in [0.1, 0.15) is 5.69 Å². The van der Waals surface area contributed by atoms with Crippen LogP contribution in [-0.2, 0) is 17.7 Å². The van der Waals surface area contributed by atoms with Crippen molar-refractivity contribution >= 4 is 11.8 Å². The molecule has 29 heavy (non-hydrogen) atoms. The Morgan fingerprint density at radius 1 is 1.10 bits per heavy atom. The van der Waals surface area contributed by atoms with Crippen LogP contribution in [0.1, 0.15) is 64.3 Å². The summed E-state index contributed by atoms with van der Waals surface area (Å²) in [5.74, 6) is -0.0852. The summed E-state index contributed by atoms with van der Waals surface area (Å²) in [5, 5.41) is 3.18. The molecule has 2 aliphatic rings. The smallest absolute Gasteiger partial charge is 0.270 e. The highest BCUT2D eigenvalue weighted by Gasteiger charge is 2.29. The van der Waals surface area contributed by atoms with Gasteiger partial charge in [-0.2, -0.15) is 0 Å². The van der Waals surface area contributed by atoms with Crippen LogP contribution in [0.5, 0.6) is 0 Å². The van der Waals surface area contributed by atoms with Crippen LogP contribution in [0.4, 0.5) is 0 Å². The van der Waals surface area contributed by atoms with Crippen LogP contribution in [0.2, 0.25) is 0 Å². The number of rotatable bonds is 5. The Balaban J connectivity index is 1.60. The van der Waals surface area contributed by atoms with Crippen molar-refractivity contribution in [2.75, 3.05) is 26.3 Å². The van der Waals surface area contributed by atoms with E-state index in [1.54, 1.807) is 0 Å². The van der Waals surface area contributed by atoms with Crippen molar-refractivity contribution in [3.63, 3.8) is 0 Å². The first-order chi connectivity index (χ1) is 14.2. The predicted molar refractivity (Wildman–Crippen MR) is 111 cm³/mol. The van der Waals surface area contributed by atoms with Crippen molar-refractivity contribution in [3.05, 3.63) is 58.9 Å². The third kappa shape index (κ3) is 4.08. The summed E-state index contributed by atoms with van der Waals surface area (Å²) >= 11 is 0. The van der Waals surface area contributed by atoms with E-state index in [0.29, 0.717) is 37.6 Å². The first kappa shape index (κ1) is 19.7. The fraction of sp³-hybridized carbons (Fsp3) is 0.478. The SMILES string of the molecule is CCC(NC(=O)c1cc(C(=O)N2CCOCC2)n2c1CCCC2)c1ccccc1. The molecule has 154 valence electrons. The number of aromatic nitrogens is 1. The Labute approximate surface area is 171 Å². The van der Waals surface area contributed by atoms with E-state index in [4.69, 9.17) is 4.74 Å². The summed E-state index contributed by atoms with van der Waals surface area (Å²) in [4.78, 5) is 28.2. The number of nitrogens with zero attached hydrogens (tertiary/aromatic N) is 2. The lowest BCUT2D eigenvalue weighted by Gasteiger charge is -2.28. The minimum atomic E-state index is -0.0904. The standard InChI is InChI=1S/C23H29N3O3/c1-2-19(17-8-4-3-5-9-17)24-22(27)18-16-21(26-11-7-6-10-20(18)26)23(28)25-12-14-29-15-13-25/h3-5,8-9,16,19H,2,6-7,10-15H2,1H3,(H,24,27).